The number of fused-ring (bicyclic) bond motifs is 3. The summed E-state index contributed by atoms with van der Waals surface area (Å²) in [7, 11) is 1.71. The second kappa shape index (κ2) is 7.91. The number of likely N-dealkylation sites (N-methyl/N-ethyl adjacent to an activating group) is 1. The van der Waals surface area contributed by atoms with Crippen LogP contribution < -0.4 is 5.32 Å². The van der Waals surface area contributed by atoms with E-state index in [1.807, 2.05) is 29.0 Å². The van der Waals surface area contributed by atoms with Crippen molar-refractivity contribution in [2.75, 3.05) is 26.7 Å². The fraction of sp³-hybridized carbons (Fsp3) is 0.526. The lowest BCUT2D eigenvalue weighted by atomic mass is 10.1. The molecular weight excluding hydrogens is 396 g/mol. The third-order valence-corrected chi connectivity index (χ3v) is 5.80. The van der Waals surface area contributed by atoms with E-state index in [1.54, 1.807) is 24.1 Å². The highest BCUT2D eigenvalue weighted by Gasteiger charge is 2.56. The zero-order chi connectivity index (χ0) is 20.7. The molecule has 156 valence electrons. The van der Waals surface area contributed by atoms with Gasteiger partial charge in [0.1, 0.15) is 12.2 Å². The molecule has 3 aliphatic rings. The van der Waals surface area contributed by atoms with Crippen LogP contribution in [0.4, 0.5) is 4.79 Å². The molecule has 2 fully saturated rings. The van der Waals surface area contributed by atoms with Gasteiger partial charge in [-0.25, -0.2) is 9.69 Å². The number of nitrogens with one attached hydrogen (secondary N) is 1. The van der Waals surface area contributed by atoms with Gasteiger partial charge in [0.15, 0.2) is 6.29 Å². The molecule has 2 N–H and O–H groups in total. The molecule has 3 heterocycles. The van der Waals surface area contributed by atoms with E-state index in [0.717, 1.165) is 11.3 Å². The van der Waals surface area contributed by atoms with Gasteiger partial charge in [-0.05, 0) is 31.0 Å². The number of urea groups is 1. The first kappa shape index (κ1) is 20.1. The largest absolute Gasteiger partial charge is 0.396 e. The zero-order valence-electron chi connectivity index (χ0n) is 16.5. The van der Waals surface area contributed by atoms with Gasteiger partial charge in [0, 0.05) is 37.5 Å². The van der Waals surface area contributed by atoms with Crippen molar-refractivity contribution in [2.45, 2.75) is 38.4 Å². The molecule has 0 saturated carbocycles. The van der Waals surface area contributed by atoms with Crippen molar-refractivity contribution in [3.05, 3.63) is 34.9 Å². The van der Waals surface area contributed by atoms with Crippen molar-refractivity contribution >= 4 is 29.3 Å². The number of hydrogen-bond acceptors (Lipinski definition) is 7. The molecular formula is C19H25ClN6O3. The minimum Gasteiger partial charge on any atom is -0.396 e. The topological polar surface area (TPSA) is 91.7 Å². The highest BCUT2D eigenvalue weighted by atomic mass is 35.5. The molecule has 1 aromatic rings. The number of aliphatic hydroxyl groups excluding tert-OH is 1. The lowest BCUT2D eigenvalue weighted by Crippen LogP contribution is -2.66. The maximum Gasteiger partial charge on any atom is 0.328 e. The van der Waals surface area contributed by atoms with Gasteiger partial charge in [0.25, 0.3) is 5.91 Å². The average molecular weight is 421 g/mol. The minimum atomic E-state index is -0.503. The Morgan fingerprint density at radius 3 is 2.69 bits per heavy atom. The quantitative estimate of drug-likeness (QED) is 0.728. The zero-order valence-corrected chi connectivity index (χ0v) is 17.2. The number of amides is 3. The van der Waals surface area contributed by atoms with Crippen molar-refractivity contribution in [3.63, 3.8) is 0 Å². The number of carbonyl (C=O) groups excluding carboxylic acids is 2. The Hall–Kier alpha value is -2.20. The number of aliphatic hydroxyl groups is 1. The van der Waals surface area contributed by atoms with Gasteiger partial charge in [-0.3, -0.25) is 20.0 Å². The second-order valence-electron chi connectivity index (χ2n) is 7.62. The lowest BCUT2D eigenvalue weighted by molar-refractivity contribution is -0.139. The molecule has 9 nitrogen and oxygen atoms in total. The fourth-order valence-electron chi connectivity index (χ4n) is 4.17. The molecule has 29 heavy (non-hydrogen) atoms. The maximum atomic E-state index is 13.4. The summed E-state index contributed by atoms with van der Waals surface area (Å²) in [6.45, 7) is 3.28. The molecule has 0 aliphatic carbocycles. The number of benzene rings is 1. The third-order valence-electron chi connectivity index (χ3n) is 5.55. The van der Waals surface area contributed by atoms with Crippen molar-refractivity contribution in [3.8, 4) is 0 Å². The summed E-state index contributed by atoms with van der Waals surface area (Å²) in [5, 5.41) is 19.6. The molecule has 0 spiro atoms. The van der Waals surface area contributed by atoms with Gasteiger partial charge in [0.2, 0.25) is 0 Å². The molecule has 0 aromatic heterocycles. The van der Waals surface area contributed by atoms with Crippen LogP contribution >= 0.6 is 11.6 Å². The number of carbonyl (C=O) groups is 2. The van der Waals surface area contributed by atoms with E-state index in [2.05, 4.69) is 10.4 Å². The predicted molar refractivity (Wildman–Crippen MR) is 108 cm³/mol. The van der Waals surface area contributed by atoms with Crippen molar-refractivity contribution in [1.82, 2.24) is 25.0 Å². The van der Waals surface area contributed by atoms with Crippen LogP contribution in [0.2, 0.25) is 5.02 Å². The molecule has 3 unspecified atom stereocenters. The van der Waals surface area contributed by atoms with E-state index in [9.17, 15) is 14.7 Å². The lowest BCUT2D eigenvalue weighted by Gasteiger charge is -2.42. The molecule has 2 saturated heterocycles. The summed E-state index contributed by atoms with van der Waals surface area (Å²) in [5.74, 6) is -0.222. The van der Waals surface area contributed by atoms with Gasteiger partial charge in [-0.1, -0.05) is 23.7 Å². The summed E-state index contributed by atoms with van der Waals surface area (Å²) >= 11 is 5.95. The van der Waals surface area contributed by atoms with Crippen LogP contribution in [0.15, 0.2) is 29.4 Å². The Morgan fingerprint density at radius 1 is 1.28 bits per heavy atom. The number of halogens is 1. The highest BCUT2D eigenvalue weighted by molar-refractivity contribution is 6.30. The van der Waals surface area contributed by atoms with E-state index in [0.29, 0.717) is 24.5 Å². The van der Waals surface area contributed by atoms with Crippen molar-refractivity contribution < 1.29 is 14.7 Å². The van der Waals surface area contributed by atoms with Gasteiger partial charge >= 0.3 is 6.03 Å². The third kappa shape index (κ3) is 3.59. The van der Waals surface area contributed by atoms with E-state index in [1.165, 1.54) is 4.90 Å². The normalized spacial score (nSPS) is 27.2. The van der Waals surface area contributed by atoms with Crippen LogP contribution in [0.3, 0.4) is 0 Å². The average Bonchev–Trinajstić information content (AvgIpc) is 3.08. The van der Waals surface area contributed by atoms with E-state index in [-0.39, 0.29) is 31.4 Å². The number of hydrogen-bond donors (Lipinski definition) is 2. The summed E-state index contributed by atoms with van der Waals surface area (Å²) in [5.41, 5.74) is 1.73. The fourth-order valence-corrected chi connectivity index (χ4v) is 4.30. The number of hydrazone groups is 1. The summed E-state index contributed by atoms with van der Waals surface area (Å²) in [6, 6.07) is 6.30. The SMILES string of the molecule is CC1=NN(CCCO)C2NC3C(C(=O)N(Cc4ccc(Cl)cc4)C(=O)N3C)N2C1. The first-order valence-electron chi connectivity index (χ1n) is 9.66. The number of rotatable bonds is 5. The highest BCUT2D eigenvalue weighted by Crippen LogP contribution is 2.31. The van der Waals surface area contributed by atoms with Gasteiger partial charge in [0.05, 0.1) is 6.54 Å². The van der Waals surface area contributed by atoms with Gasteiger partial charge in [-0.2, -0.15) is 5.10 Å². The van der Waals surface area contributed by atoms with Gasteiger partial charge < -0.3 is 10.0 Å². The molecule has 3 atom stereocenters. The Kier molecular flexibility index (Phi) is 5.48. The molecule has 0 radical (unpaired) electrons. The standard InChI is InChI=1S/C19H25ClN6O3/c1-12-10-24-15-16(21-18(24)26(22-12)8-3-9-27)23(2)19(29)25(17(15)28)11-13-4-6-14(20)7-5-13/h4-7,15-16,18,21,27H,3,8-11H2,1-2H3. The molecule has 0 bridgehead atoms. The monoisotopic (exact) mass is 420 g/mol. The molecule has 4 rings (SSSR count). The number of nitrogens with zero attached hydrogens (tertiary/aromatic N) is 5. The molecule has 10 heteroatoms. The van der Waals surface area contributed by atoms with Crippen LogP contribution in [0, 0.1) is 0 Å². The van der Waals surface area contributed by atoms with Crippen molar-refractivity contribution in [2.24, 2.45) is 5.10 Å². The first-order valence-corrected chi connectivity index (χ1v) is 10.0. The Bertz CT molecular complexity index is 832. The van der Waals surface area contributed by atoms with Crippen molar-refractivity contribution in [1.29, 1.82) is 0 Å². The smallest absolute Gasteiger partial charge is 0.328 e. The Labute approximate surface area is 174 Å². The Balaban J connectivity index is 1.59. The molecule has 3 amide bonds. The summed E-state index contributed by atoms with van der Waals surface area (Å²) in [6.07, 6.45) is -0.155. The number of imide groups is 1. The molecule has 3 aliphatic heterocycles. The van der Waals surface area contributed by atoms with E-state index in [4.69, 9.17) is 11.6 Å². The van der Waals surface area contributed by atoms with Crippen LogP contribution in [0.1, 0.15) is 18.9 Å². The summed E-state index contributed by atoms with van der Waals surface area (Å²) in [4.78, 5) is 31.3. The summed E-state index contributed by atoms with van der Waals surface area (Å²) < 4.78 is 0. The second-order valence-corrected chi connectivity index (χ2v) is 8.06. The van der Waals surface area contributed by atoms with Crippen LogP contribution in [-0.4, -0.2) is 87.7 Å². The van der Waals surface area contributed by atoms with Crippen LogP contribution in [-0.2, 0) is 11.3 Å². The first-order chi connectivity index (χ1) is 13.9. The van der Waals surface area contributed by atoms with E-state index >= 15 is 0 Å². The molecule has 1 aromatic carbocycles. The Morgan fingerprint density at radius 2 is 2.00 bits per heavy atom. The van der Waals surface area contributed by atoms with Crippen LogP contribution in [0.25, 0.3) is 0 Å². The van der Waals surface area contributed by atoms with E-state index < -0.39 is 12.2 Å². The minimum absolute atomic E-state index is 0.0663. The maximum absolute atomic E-state index is 13.4. The van der Waals surface area contributed by atoms with Crippen LogP contribution in [0.5, 0.6) is 0 Å². The van der Waals surface area contributed by atoms with Gasteiger partial charge in [-0.15, -0.1) is 0 Å². The predicted octanol–water partition coefficient (Wildman–Crippen LogP) is 0.691.